The van der Waals surface area contributed by atoms with Crippen molar-refractivity contribution in [2.24, 2.45) is 0 Å². The SMILES string of the molecule is c1ccc(-c2ccc(N(c3cccc(-c4ccccc4)c3)c3ccc4c(c3)C3(c5ccccc5-c5ccccc53)c3c-4ccc4ccccc34)cc2)cc1. The van der Waals surface area contributed by atoms with Crippen molar-refractivity contribution in [3.63, 3.8) is 0 Å². The second kappa shape index (κ2) is 12.0. The van der Waals surface area contributed by atoms with Gasteiger partial charge in [-0.05, 0) is 114 Å². The van der Waals surface area contributed by atoms with Crippen molar-refractivity contribution in [1.82, 2.24) is 0 Å². The summed E-state index contributed by atoms with van der Waals surface area (Å²) in [6.45, 7) is 0. The maximum Gasteiger partial charge on any atom is 0.0732 e. The summed E-state index contributed by atoms with van der Waals surface area (Å²) in [5.74, 6) is 0. The van der Waals surface area contributed by atoms with Gasteiger partial charge < -0.3 is 4.90 Å². The maximum atomic E-state index is 2.49. The molecule has 54 heavy (non-hydrogen) atoms. The summed E-state index contributed by atoms with van der Waals surface area (Å²) in [6.07, 6.45) is 0. The lowest BCUT2D eigenvalue weighted by Crippen LogP contribution is -2.26. The van der Waals surface area contributed by atoms with Gasteiger partial charge in [-0.1, -0.05) is 176 Å². The van der Waals surface area contributed by atoms with Crippen LogP contribution in [0.2, 0.25) is 0 Å². The Kier molecular flexibility index (Phi) is 6.84. The van der Waals surface area contributed by atoms with Crippen molar-refractivity contribution in [3.05, 3.63) is 235 Å². The molecule has 0 amide bonds. The summed E-state index contributed by atoms with van der Waals surface area (Å²) in [7, 11) is 0. The van der Waals surface area contributed by atoms with E-state index in [1.165, 1.54) is 77.5 Å². The molecule has 0 aliphatic heterocycles. The summed E-state index contributed by atoms with van der Waals surface area (Å²) in [4.78, 5) is 2.43. The van der Waals surface area contributed by atoms with E-state index in [4.69, 9.17) is 0 Å². The summed E-state index contributed by atoms with van der Waals surface area (Å²) in [6, 6.07) is 78.2. The summed E-state index contributed by atoms with van der Waals surface area (Å²) in [5, 5.41) is 2.58. The van der Waals surface area contributed by atoms with E-state index in [0.717, 1.165) is 17.1 Å². The average Bonchev–Trinajstić information content (AvgIpc) is 3.72. The number of benzene rings is 9. The molecule has 0 N–H and O–H groups in total. The number of rotatable bonds is 5. The number of nitrogens with zero attached hydrogens (tertiary/aromatic N) is 1. The van der Waals surface area contributed by atoms with Gasteiger partial charge in [-0.15, -0.1) is 0 Å². The molecule has 11 rings (SSSR count). The van der Waals surface area contributed by atoms with Gasteiger partial charge in [-0.3, -0.25) is 0 Å². The van der Waals surface area contributed by atoms with Crippen LogP contribution in [0, 0.1) is 0 Å². The first-order valence-corrected chi connectivity index (χ1v) is 18.8. The van der Waals surface area contributed by atoms with Gasteiger partial charge in [0.15, 0.2) is 0 Å². The second-order valence-corrected chi connectivity index (χ2v) is 14.4. The van der Waals surface area contributed by atoms with E-state index < -0.39 is 5.41 Å². The summed E-state index contributed by atoms with van der Waals surface area (Å²) >= 11 is 0. The maximum absolute atomic E-state index is 2.49. The fourth-order valence-corrected chi connectivity index (χ4v) is 9.38. The topological polar surface area (TPSA) is 3.24 Å². The van der Waals surface area contributed by atoms with Crippen molar-refractivity contribution in [3.8, 4) is 44.5 Å². The molecule has 252 valence electrons. The minimum atomic E-state index is -0.469. The first-order valence-electron chi connectivity index (χ1n) is 18.8. The average molecular weight is 686 g/mol. The van der Waals surface area contributed by atoms with Crippen LogP contribution in [0.4, 0.5) is 17.1 Å². The first kappa shape index (κ1) is 30.6. The van der Waals surface area contributed by atoms with Gasteiger partial charge >= 0.3 is 0 Å². The van der Waals surface area contributed by atoms with Crippen LogP contribution in [0.5, 0.6) is 0 Å². The van der Waals surface area contributed by atoms with Crippen molar-refractivity contribution in [2.45, 2.75) is 5.41 Å². The van der Waals surface area contributed by atoms with E-state index in [9.17, 15) is 0 Å². The van der Waals surface area contributed by atoms with Gasteiger partial charge in [0.25, 0.3) is 0 Å². The van der Waals surface area contributed by atoms with Crippen LogP contribution < -0.4 is 4.90 Å². The van der Waals surface area contributed by atoms with E-state index >= 15 is 0 Å². The van der Waals surface area contributed by atoms with E-state index in [2.05, 4.69) is 217 Å². The molecule has 2 aliphatic carbocycles. The zero-order chi connectivity index (χ0) is 35.6. The molecular weight excluding hydrogens is 651 g/mol. The standard InChI is InChI=1S/C53H35N/c1-3-14-36(15-4-1)38-26-29-41(30-27-38)54(42-20-13-19-40(34-42)37-16-5-2-6-17-37)43-31-33-47-48-32-28-39-18-7-8-21-44(39)52(48)53(51(47)35-43)49-24-11-9-22-45(49)46-23-10-12-25-50(46)53/h1-35H. The molecule has 0 fully saturated rings. The van der Waals surface area contributed by atoms with Gasteiger partial charge in [-0.25, -0.2) is 0 Å². The molecular formula is C53H35N. The fraction of sp³-hybridized carbons (Fsp3) is 0.0189. The Hall–Kier alpha value is -6.96. The van der Waals surface area contributed by atoms with Gasteiger partial charge in [0, 0.05) is 17.1 Å². The van der Waals surface area contributed by atoms with E-state index in [1.54, 1.807) is 0 Å². The zero-order valence-electron chi connectivity index (χ0n) is 29.7. The molecule has 0 heterocycles. The Labute approximate surface area is 316 Å². The third-order valence-corrected chi connectivity index (χ3v) is 11.7. The zero-order valence-corrected chi connectivity index (χ0v) is 29.7. The predicted octanol–water partition coefficient (Wildman–Crippen LogP) is 14.0. The number of fused-ring (bicyclic) bond motifs is 12. The number of hydrogen-bond acceptors (Lipinski definition) is 1. The lowest BCUT2D eigenvalue weighted by Gasteiger charge is -2.33. The van der Waals surface area contributed by atoms with Gasteiger partial charge in [0.2, 0.25) is 0 Å². The quantitative estimate of drug-likeness (QED) is 0.174. The van der Waals surface area contributed by atoms with Crippen molar-refractivity contribution in [2.75, 3.05) is 4.90 Å². The van der Waals surface area contributed by atoms with Crippen LogP contribution in [0.1, 0.15) is 22.3 Å². The Morgan fingerprint density at radius 2 is 0.815 bits per heavy atom. The van der Waals surface area contributed by atoms with Gasteiger partial charge in [0.1, 0.15) is 0 Å². The fourth-order valence-electron chi connectivity index (χ4n) is 9.38. The molecule has 0 saturated heterocycles. The van der Waals surface area contributed by atoms with Crippen LogP contribution >= 0.6 is 0 Å². The Balaban J connectivity index is 1.18. The van der Waals surface area contributed by atoms with Gasteiger partial charge in [-0.2, -0.15) is 0 Å². The molecule has 0 bridgehead atoms. The van der Waals surface area contributed by atoms with Crippen LogP contribution in [-0.4, -0.2) is 0 Å². The minimum Gasteiger partial charge on any atom is -0.310 e. The highest BCUT2D eigenvalue weighted by Crippen LogP contribution is 2.64. The van der Waals surface area contributed by atoms with E-state index in [0.29, 0.717) is 0 Å². The van der Waals surface area contributed by atoms with E-state index in [1.807, 2.05) is 0 Å². The second-order valence-electron chi connectivity index (χ2n) is 14.4. The molecule has 9 aromatic rings. The van der Waals surface area contributed by atoms with Crippen molar-refractivity contribution >= 4 is 27.8 Å². The minimum absolute atomic E-state index is 0.469. The van der Waals surface area contributed by atoms with Crippen LogP contribution in [0.3, 0.4) is 0 Å². The van der Waals surface area contributed by atoms with Crippen LogP contribution in [0.15, 0.2) is 212 Å². The van der Waals surface area contributed by atoms with E-state index in [-0.39, 0.29) is 0 Å². The molecule has 2 aliphatic rings. The molecule has 1 heteroatoms. The Morgan fingerprint density at radius 3 is 1.54 bits per heavy atom. The molecule has 0 atom stereocenters. The highest BCUT2D eigenvalue weighted by atomic mass is 15.1. The lowest BCUT2D eigenvalue weighted by atomic mass is 9.69. The monoisotopic (exact) mass is 685 g/mol. The highest BCUT2D eigenvalue weighted by molar-refractivity contribution is 6.04. The van der Waals surface area contributed by atoms with Crippen molar-refractivity contribution < 1.29 is 0 Å². The number of hydrogen-bond donors (Lipinski definition) is 0. The molecule has 1 nitrogen and oxygen atoms in total. The molecule has 9 aromatic carbocycles. The summed E-state index contributed by atoms with van der Waals surface area (Å²) in [5.41, 5.74) is 18.3. The molecule has 0 saturated carbocycles. The molecule has 1 spiro atoms. The number of anilines is 3. The van der Waals surface area contributed by atoms with Crippen LogP contribution in [0.25, 0.3) is 55.3 Å². The van der Waals surface area contributed by atoms with Gasteiger partial charge in [0.05, 0.1) is 5.41 Å². The molecule has 0 unspecified atom stereocenters. The molecule has 0 radical (unpaired) electrons. The molecule has 0 aromatic heterocycles. The Morgan fingerprint density at radius 1 is 0.296 bits per heavy atom. The highest BCUT2D eigenvalue weighted by Gasteiger charge is 2.52. The predicted molar refractivity (Wildman–Crippen MR) is 226 cm³/mol. The van der Waals surface area contributed by atoms with Crippen molar-refractivity contribution in [1.29, 1.82) is 0 Å². The smallest absolute Gasteiger partial charge is 0.0732 e. The summed E-state index contributed by atoms with van der Waals surface area (Å²) < 4.78 is 0. The third kappa shape index (κ3) is 4.45. The Bertz CT molecular complexity index is 2820. The van der Waals surface area contributed by atoms with Crippen LogP contribution in [-0.2, 0) is 5.41 Å². The first-order chi connectivity index (χ1) is 26.8. The third-order valence-electron chi connectivity index (χ3n) is 11.7. The lowest BCUT2D eigenvalue weighted by molar-refractivity contribution is 0.801. The normalized spacial score (nSPS) is 13.0. The largest absolute Gasteiger partial charge is 0.310 e.